The lowest BCUT2D eigenvalue weighted by Gasteiger charge is -2.09. The van der Waals surface area contributed by atoms with E-state index in [1.165, 1.54) is 18.3 Å². The molecule has 0 amide bonds. The number of ketones is 1. The highest BCUT2D eigenvalue weighted by Crippen LogP contribution is 2.22. The number of Topliss-reactive ketones (excluding diaryl/α,β-unsaturated/α-hetero) is 1. The van der Waals surface area contributed by atoms with Crippen LogP contribution in [0.15, 0.2) is 52.0 Å². The number of benzene rings is 1. The third kappa shape index (κ3) is 3.68. The van der Waals surface area contributed by atoms with Gasteiger partial charge in [-0.25, -0.2) is 13.4 Å². The molecule has 0 aliphatic heterocycles. The molecule has 1 N–H and O–H groups in total. The Balaban J connectivity index is 2.36. The fraction of sp³-hybridized carbons (Fsp3) is 0.143. The summed E-state index contributed by atoms with van der Waals surface area (Å²) in [5.74, 6) is 0.0933. The zero-order valence-corrected chi connectivity index (χ0v) is 13.6. The fourth-order valence-corrected chi connectivity index (χ4v) is 3.25. The van der Waals surface area contributed by atoms with Crippen LogP contribution in [0.3, 0.4) is 0 Å². The van der Waals surface area contributed by atoms with E-state index in [4.69, 9.17) is 0 Å². The molecule has 21 heavy (non-hydrogen) atoms. The first kappa shape index (κ1) is 15.7. The Morgan fingerprint density at radius 3 is 2.71 bits per heavy atom. The van der Waals surface area contributed by atoms with Crippen LogP contribution in [0.4, 0.5) is 5.82 Å². The van der Waals surface area contributed by atoms with Crippen molar-refractivity contribution in [3.8, 4) is 0 Å². The SMILES string of the molecule is CCC(=O)c1cccc(S(=O)(=O)Nc2ncccc2Br)c1. The van der Waals surface area contributed by atoms with Gasteiger partial charge in [-0.05, 0) is 40.2 Å². The van der Waals surface area contributed by atoms with Gasteiger partial charge in [-0.3, -0.25) is 9.52 Å². The molecule has 0 spiro atoms. The van der Waals surface area contributed by atoms with Crippen molar-refractivity contribution in [2.75, 3.05) is 4.72 Å². The summed E-state index contributed by atoms with van der Waals surface area (Å²) in [6.07, 6.45) is 1.81. The predicted molar refractivity (Wildman–Crippen MR) is 83.8 cm³/mol. The minimum absolute atomic E-state index is 0.0272. The summed E-state index contributed by atoms with van der Waals surface area (Å²) in [5, 5.41) is 0. The molecular weight excluding hydrogens is 356 g/mol. The van der Waals surface area contributed by atoms with E-state index < -0.39 is 10.0 Å². The number of aromatic nitrogens is 1. The van der Waals surface area contributed by atoms with Crippen LogP contribution < -0.4 is 4.72 Å². The largest absolute Gasteiger partial charge is 0.294 e. The minimum atomic E-state index is -3.79. The zero-order valence-electron chi connectivity index (χ0n) is 11.2. The molecule has 0 saturated carbocycles. The molecule has 0 aliphatic carbocycles. The van der Waals surface area contributed by atoms with Crippen molar-refractivity contribution in [3.63, 3.8) is 0 Å². The Morgan fingerprint density at radius 1 is 1.29 bits per heavy atom. The number of hydrogen-bond acceptors (Lipinski definition) is 4. The average Bonchev–Trinajstić information content (AvgIpc) is 2.49. The Morgan fingerprint density at radius 2 is 2.05 bits per heavy atom. The predicted octanol–water partition coefficient (Wildman–Crippen LogP) is 3.24. The number of anilines is 1. The van der Waals surface area contributed by atoms with Crippen LogP contribution in [0.5, 0.6) is 0 Å². The minimum Gasteiger partial charge on any atom is -0.294 e. The van der Waals surface area contributed by atoms with Gasteiger partial charge in [-0.2, -0.15) is 0 Å². The molecular formula is C14H13BrN2O3S. The molecule has 7 heteroatoms. The van der Waals surface area contributed by atoms with Crippen LogP contribution in [-0.2, 0) is 10.0 Å². The van der Waals surface area contributed by atoms with E-state index in [1.54, 1.807) is 31.2 Å². The molecule has 0 atom stereocenters. The lowest BCUT2D eigenvalue weighted by atomic mass is 10.1. The van der Waals surface area contributed by atoms with E-state index in [1.807, 2.05) is 0 Å². The van der Waals surface area contributed by atoms with E-state index >= 15 is 0 Å². The molecule has 0 saturated heterocycles. The van der Waals surface area contributed by atoms with Crippen molar-refractivity contribution < 1.29 is 13.2 Å². The lowest BCUT2D eigenvalue weighted by molar-refractivity contribution is 0.0988. The molecule has 1 heterocycles. The molecule has 2 rings (SSSR count). The van der Waals surface area contributed by atoms with Gasteiger partial charge in [0, 0.05) is 18.2 Å². The van der Waals surface area contributed by atoms with Crippen molar-refractivity contribution in [2.24, 2.45) is 0 Å². The van der Waals surface area contributed by atoms with Gasteiger partial charge >= 0.3 is 0 Å². The quantitative estimate of drug-likeness (QED) is 0.821. The van der Waals surface area contributed by atoms with E-state index in [9.17, 15) is 13.2 Å². The van der Waals surface area contributed by atoms with Crippen molar-refractivity contribution in [2.45, 2.75) is 18.2 Å². The van der Waals surface area contributed by atoms with Gasteiger partial charge in [0.2, 0.25) is 0 Å². The monoisotopic (exact) mass is 368 g/mol. The van der Waals surface area contributed by atoms with Crippen molar-refractivity contribution in [3.05, 3.63) is 52.6 Å². The highest BCUT2D eigenvalue weighted by Gasteiger charge is 2.17. The first-order chi connectivity index (χ1) is 9.94. The number of pyridine rings is 1. The summed E-state index contributed by atoms with van der Waals surface area (Å²) in [5.41, 5.74) is 0.375. The molecule has 1 aromatic carbocycles. The molecule has 1 aromatic heterocycles. The summed E-state index contributed by atoms with van der Waals surface area (Å²) in [7, 11) is -3.79. The highest BCUT2D eigenvalue weighted by atomic mass is 79.9. The maximum atomic E-state index is 12.3. The molecule has 0 unspecified atom stereocenters. The first-order valence-electron chi connectivity index (χ1n) is 6.20. The Kier molecular flexibility index (Phi) is 4.74. The summed E-state index contributed by atoms with van der Waals surface area (Å²) < 4.78 is 27.6. The van der Waals surface area contributed by atoms with E-state index in [2.05, 4.69) is 25.6 Å². The van der Waals surface area contributed by atoms with Crippen LogP contribution in [0.25, 0.3) is 0 Å². The van der Waals surface area contributed by atoms with Gasteiger partial charge in [0.1, 0.15) is 0 Å². The van der Waals surface area contributed by atoms with Crippen LogP contribution in [-0.4, -0.2) is 19.2 Å². The van der Waals surface area contributed by atoms with Crippen molar-refractivity contribution in [1.82, 2.24) is 4.98 Å². The van der Waals surface area contributed by atoms with E-state index in [-0.39, 0.29) is 16.5 Å². The molecule has 5 nitrogen and oxygen atoms in total. The third-order valence-electron chi connectivity index (χ3n) is 2.78. The van der Waals surface area contributed by atoms with Crippen LogP contribution >= 0.6 is 15.9 Å². The maximum Gasteiger partial charge on any atom is 0.263 e. The van der Waals surface area contributed by atoms with Crippen LogP contribution in [0, 0.1) is 0 Å². The normalized spacial score (nSPS) is 11.1. The highest BCUT2D eigenvalue weighted by molar-refractivity contribution is 9.10. The van der Waals surface area contributed by atoms with Gasteiger partial charge in [0.15, 0.2) is 11.6 Å². The number of sulfonamides is 1. The van der Waals surface area contributed by atoms with Crippen molar-refractivity contribution >= 4 is 37.6 Å². The van der Waals surface area contributed by atoms with Gasteiger partial charge in [0.05, 0.1) is 9.37 Å². The van der Waals surface area contributed by atoms with Gasteiger partial charge in [-0.1, -0.05) is 19.1 Å². The Bertz CT molecular complexity index is 775. The molecule has 0 aliphatic rings. The number of nitrogens with zero attached hydrogens (tertiary/aromatic N) is 1. The average molecular weight is 369 g/mol. The Labute approximate surface area is 131 Å². The van der Waals surface area contributed by atoms with Crippen LogP contribution in [0.1, 0.15) is 23.7 Å². The van der Waals surface area contributed by atoms with E-state index in [0.29, 0.717) is 16.5 Å². The number of carbonyl (C=O) groups is 1. The van der Waals surface area contributed by atoms with Gasteiger partial charge < -0.3 is 0 Å². The summed E-state index contributed by atoms with van der Waals surface area (Å²) in [4.78, 5) is 15.7. The smallest absolute Gasteiger partial charge is 0.263 e. The molecule has 2 aromatic rings. The molecule has 0 bridgehead atoms. The number of halogens is 1. The van der Waals surface area contributed by atoms with Crippen LogP contribution in [0.2, 0.25) is 0 Å². The second-order valence-corrected chi connectivity index (χ2v) is 6.78. The second-order valence-electron chi connectivity index (χ2n) is 4.24. The third-order valence-corrected chi connectivity index (χ3v) is 4.75. The van der Waals surface area contributed by atoms with Gasteiger partial charge in [-0.15, -0.1) is 0 Å². The number of carbonyl (C=O) groups excluding carboxylic acids is 1. The molecule has 110 valence electrons. The van der Waals surface area contributed by atoms with E-state index in [0.717, 1.165) is 0 Å². The van der Waals surface area contributed by atoms with Crippen molar-refractivity contribution in [1.29, 1.82) is 0 Å². The standard InChI is InChI=1S/C14H13BrN2O3S/c1-2-13(18)10-5-3-6-11(9-10)21(19,20)17-14-12(15)7-4-8-16-14/h3-9H,2H2,1H3,(H,16,17). The lowest BCUT2D eigenvalue weighted by Crippen LogP contribution is -2.15. The number of nitrogens with one attached hydrogen (secondary N) is 1. The first-order valence-corrected chi connectivity index (χ1v) is 8.48. The number of rotatable bonds is 5. The topological polar surface area (TPSA) is 76.1 Å². The summed E-state index contributed by atoms with van der Waals surface area (Å²) in [6, 6.07) is 9.31. The summed E-state index contributed by atoms with van der Waals surface area (Å²) in [6.45, 7) is 1.73. The fourth-order valence-electron chi connectivity index (χ4n) is 1.69. The Hall–Kier alpha value is -1.73. The summed E-state index contributed by atoms with van der Waals surface area (Å²) >= 11 is 3.23. The van der Waals surface area contributed by atoms with Gasteiger partial charge in [0.25, 0.3) is 10.0 Å². The zero-order chi connectivity index (χ0) is 15.5. The maximum absolute atomic E-state index is 12.3. The number of hydrogen-bond donors (Lipinski definition) is 1. The molecule has 0 fully saturated rings. The second kappa shape index (κ2) is 6.36. The molecule has 0 radical (unpaired) electrons.